The zero-order valence-electron chi connectivity index (χ0n) is 14.3. The van der Waals surface area contributed by atoms with Gasteiger partial charge in [-0.1, -0.05) is 12.1 Å². The smallest absolute Gasteiger partial charge is 0.410 e. The molecule has 7 heteroatoms. The minimum absolute atomic E-state index is 0.257. The molecule has 1 aromatic rings. The van der Waals surface area contributed by atoms with Gasteiger partial charge in [0.1, 0.15) is 5.60 Å². The standard InChI is InChI=1S/C17H21FN2O4/c1-11-5-6-13(20(22)23)15(18)14(11)12-7-9-19(10-8-12)16(21)24-17(2,3)4/h5-7H,8-10H2,1-4H3. The third kappa shape index (κ3) is 3.90. The van der Waals surface area contributed by atoms with E-state index in [4.69, 9.17) is 4.74 Å². The summed E-state index contributed by atoms with van der Waals surface area (Å²) in [5.74, 6) is -0.822. The Morgan fingerprint density at radius 2 is 2.04 bits per heavy atom. The predicted molar refractivity (Wildman–Crippen MR) is 88.2 cm³/mol. The van der Waals surface area contributed by atoms with Crippen molar-refractivity contribution in [3.8, 4) is 0 Å². The van der Waals surface area contributed by atoms with Crippen LogP contribution >= 0.6 is 0 Å². The molecule has 0 aromatic heterocycles. The lowest BCUT2D eigenvalue weighted by Gasteiger charge is -2.30. The predicted octanol–water partition coefficient (Wildman–Crippen LogP) is 4.07. The summed E-state index contributed by atoms with van der Waals surface area (Å²) in [4.78, 5) is 23.8. The minimum Gasteiger partial charge on any atom is -0.444 e. The van der Waals surface area contributed by atoms with Crippen molar-refractivity contribution in [2.24, 2.45) is 0 Å². The van der Waals surface area contributed by atoms with Crippen molar-refractivity contribution in [3.63, 3.8) is 0 Å². The van der Waals surface area contributed by atoms with Gasteiger partial charge in [0.15, 0.2) is 0 Å². The average Bonchev–Trinajstić information content (AvgIpc) is 2.45. The van der Waals surface area contributed by atoms with Crippen LogP contribution in [0.15, 0.2) is 18.2 Å². The molecule has 130 valence electrons. The fourth-order valence-electron chi connectivity index (χ4n) is 2.59. The number of aryl methyl sites for hydroxylation is 1. The number of benzene rings is 1. The molecule has 0 unspecified atom stereocenters. The Hall–Kier alpha value is -2.44. The molecule has 0 radical (unpaired) electrons. The first kappa shape index (κ1) is 17.9. The number of hydrogen-bond donors (Lipinski definition) is 0. The number of halogens is 1. The topological polar surface area (TPSA) is 72.7 Å². The molecule has 0 aliphatic carbocycles. The number of amides is 1. The van der Waals surface area contributed by atoms with E-state index in [-0.39, 0.29) is 12.1 Å². The van der Waals surface area contributed by atoms with E-state index >= 15 is 0 Å². The van der Waals surface area contributed by atoms with E-state index in [1.807, 2.05) is 0 Å². The van der Waals surface area contributed by atoms with Crippen molar-refractivity contribution in [1.29, 1.82) is 0 Å². The molecule has 0 saturated heterocycles. The fourth-order valence-corrected chi connectivity index (χ4v) is 2.59. The summed E-state index contributed by atoms with van der Waals surface area (Å²) in [6, 6.07) is 2.71. The van der Waals surface area contributed by atoms with Gasteiger partial charge in [-0.05, 0) is 45.3 Å². The van der Waals surface area contributed by atoms with E-state index in [1.165, 1.54) is 17.0 Å². The third-order valence-electron chi connectivity index (χ3n) is 3.71. The summed E-state index contributed by atoms with van der Waals surface area (Å²) in [5, 5.41) is 10.9. The van der Waals surface area contributed by atoms with Crippen LogP contribution in [0.25, 0.3) is 5.57 Å². The molecular weight excluding hydrogens is 315 g/mol. The van der Waals surface area contributed by atoms with Gasteiger partial charge in [-0.15, -0.1) is 0 Å². The highest BCUT2D eigenvalue weighted by Gasteiger charge is 2.27. The molecule has 2 rings (SSSR count). The van der Waals surface area contributed by atoms with E-state index in [2.05, 4.69) is 0 Å². The Morgan fingerprint density at radius 1 is 1.38 bits per heavy atom. The number of carbonyl (C=O) groups is 1. The molecule has 1 amide bonds. The second kappa shape index (κ2) is 6.59. The van der Waals surface area contributed by atoms with Gasteiger partial charge in [-0.2, -0.15) is 4.39 Å². The lowest BCUT2D eigenvalue weighted by molar-refractivity contribution is -0.387. The maximum atomic E-state index is 14.5. The molecule has 6 nitrogen and oxygen atoms in total. The Kier molecular flexibility index (Phi) is 4.91. The van der Waals surface area contributed by atoms with Gasteiger partial charge in [-0.3, -0.25) is 10.1 Å². The van der Waals surface area contributed by atoms with Gasteiger partial charge in [0.05, 0.1) is 4.92 Å². The number of nitrogens with zero attached hydrogens (tertiary/aromatic N) is 2. The molecule has 1 aromatic carbocycles. The van der Waals surface area contributed by atoms with Crippen molar-refractivity contribution in [1.82, 2.24) is 4.90 Å². The molecule has 24 heavy (non-hydrogen) atoms. The van der Waals surface area contributed by atoms with Gasteiger partial charge in [0.2, 0.25) is 5.82 Å². The van der Waals surface area contributed by atoms with Gasteiger partial charge >= 0.3 is 11.8 Å². The zero-order valence-corrected chi connectivity index (χ0v) is 14.3. The lowest BCUT2D eigenvalue weighted by Crippen LogP contribution is -2.39. The fraction of sp³-hybridized carbons (Fsp3) is 0.471. The summed E-state index contributed by atoms with van der Waals surface area (Å²) < 4.78 is 19.8. The van der Waals surface area contributed by atoms with E-state index in [0.717, 1.165) is 0 Å². The van der Waals surface area contributed by atoms with Crippen molar-refractivity contribution < 1.29 is 18.8 Å². The second-order valence-corrected chi connectivity index (χ2v) is 6.75. The monoisotopic (exact) mass is 336 g/mol. The summed E-state index contributed by atoms with van der Waals surface area (Å²) in [6.45, 7) is 7.74. The molecule has 1 heterocycles. The minimum atomic E-state index is -0.822. The van der Waals surface area contributed by atoms with Gasteiger partial charge in [-0.25, -0.2) is 4.79 Å². The van der Waals surface area contributed by atoms with Crippen molar-refractivity contribution in [2.45, 2.75) is 39.7 Å². The van der Waals surface area contributed by atoms with E-state index in [1.54, 1.807) is 33.8 Å². The number of nitro benzene ring substituents is 1. The Labute approximate surface area is 140 Å². The van der Waals surface area contributed by atoms with Crippen LogP contribution in [-0.2, 0) is 4.74 Å². The lowest BCUT2D eigenvalue weighted by atomic mass is 9.94. The molecule has 1 aliphatic heterocycles. The Morgan fingerprint density at radius 3 is 2.54 bits per heavy atom. The highest BCUT2D eigenvalue weighted by Crippen LogP contribution is 2.32. The van der Waals surface area contributed by atoms with Gasteiger partial charge < -0.3 is 9.64 Å². The van der Waals surface area contributed by atoms with Crippen LogP contribution in [0.4, 0.5) is 14.9 Å². The number of ether oxygens (including phenoxy) is 1. The molecule has 0 bridgehead atoms. The SMILES string of the molecule is Cc1ccc([N+](=O)[O-])c(F)c1C1=CCN(C(=O)OC(C)(C)C)CC1. The zero-order chi connectivity index (χ0) is 18.1. The van der Waals surface area contributed by atoms with Crippen LogP contribution in [0.1, 0.15) is 38.3 Å². The molecule has 0 N–H and O–H groups in total. The highest BCUT2D eigenvalue weighted by atomic mass is 19.1. The van der Waals surface area contributed by atoms with Crippen molar-refractivity contribution >= 4 is 17.4 Å². The number of nitro groups is 1. The van der Waals surface area contributed by atoms with Crippen molar-refractivity contribution in [2.75, 3.05) is 13.1 Å². The molecular formula is C17H21FN2O4. The van der Waals surface area contributed by atoms with E-state index < -0.39 is 28.1 Å². The normalized spacial score (nSPS) is 15.0. The number of hydrogen-bond acceptors (Lipinski definition) is 4. The first-order valence-corrected chi connectivity index (χ1v) is 7.71. The van der Waals surface area contributed by atoms with E-state index in [0.29, 0.717) is 24.1 Å². The van der Waals surface area contributed by atoms with Crippen LogP contribution in [0, 0.1) is 22.9 Å². The van der Waals surface area contributed by atoms with E-state index in [9.17, 15) is 19.3 Å². The molecule has 0 spiro atoms. The summed E-state index contributed by atoms with van der Waals surface area (Å²) >= 11 is 0. The van der Waals surface area contributed by atoms with Crippen LogP contribution in [0.3, 0.4) is 0 Å². The first-order chi connectivity index (χ1) is 11.1. The quantitative estimate of drug-likeness (QED) is 0.603. The highest BCUT2D eigenvalue weighted by molar-refractivity contribution is 5.75. The largest absolute Gasteiger partial charge is 0.444 e. The molecule has 1 aliphatic rings. The first-order valence-electron chi connectivity index (χ1n) is 7.71. The van der Waals surface area contributed by atoms with Crippen LogP contribution in [0.2, 0.25) is 0 Å². The Balaban J connectivity index is 2.23. The molecule has 0 atom stereocenters. The maximum absolute atomic E-state index is 14.5. The van der Waals surface area contributed by atoms with Crippen molar-refractivity contribution in [3.05, 3.63) is 45.3 Å². The molecule has 0 saturated carbocycles. The van der Waals surface area contributed by atoms with Gasteiger partial charge in [0.25, 0.3) is 0 Å². The maximum Gasteiger partial charge on any atom is 0.410 e. The summed E-state index contributed by atoms with van der Waals surface area (Å²) in [5.41, 5.74) is 0.451. The number of rotatable bonds is 2. The number of carbonyl (C=O) groups excluding carboxylic acids is 1. The third-order valence-corrected chi connectivity index (χ3v) is 3.71. The van der Waals surface area contributed by atoms with Crippen LogP contribution in [0.5, 0.6) is 0 Å². The Bertz CT molecular complexity index is 707. The van der Waals surface area contributed by atoms with Crippen LogP contribution < -0.4 is 0 Å². The average molecular weight is 336 g/mol. The second-order valence-electron chi connectivity index (χ2n) is 6.75. The summed E-state index contributed by atoms with van der Waals surface area (Å²) in [7, 11) is 0. The van der Waals surface area contributed by atoms with Gasteiger partial charge in [0, 0.05) is 24.7 Å². The van der Waals surface area contributed by atoms with Crippen LogP contribution in [-0.4, -0.2) is 34.6 Å². The summed E-state index contributed by atoms with van der Waals surface area (Å²) in [6.07, 6.45) is 1.72. The molecule has 0 fully saturated rings.